The average molecular weight is 404 g/mol. The largest absolute Gasteiger partial charge is 0.326 e. The highest BCUT2D eigenvalue weighted by Crippen LogP contribution is 2.16. The summed E-state index contributed by atoms with van der Waals surface area (Å²) in [4.78, 5) is 23.5. The molecule has 2 amide bonds. The number of carbonyl (C=O) groups excluding carboxylic acids is 2. The van der Waals surface area contributed by atoms with Crippen LogP contribution >= 0.6 is 0 Å². The maximum atomic E-state index is 12.2. The zero-order valence-corrected chi connectivity index (χ0v) is 17.0. The van der Waals surface area contributed by atoms with Crippen LogP contribution in [0.4, 0.5) is 11.4 Å². The van der Waals surface area contributed by atoms with E-state index in [0.717, 1.165) is 5.56 Å². The van der Waals surface area contributed by atoms with Gasteiger partial charge in [0.25, 0.3) is 0 Å². The van der Waals surface area contributed by atoms with Gasteiger partial charge in [0.1, 0.15) is 0 Å². The molecular formula is C20H25N3O4S. The lowest BCUT2D eigenvalue weighted by molar-refractivity contribution is -0.116. The molecule has 150 valence electrons. The molecule has 8 heteroatoms. The van der Waals surface area contributed by atoms with Crippen LogP contribution in [0, 0.1) is 0 Å². The quantitative estimate of drug-likeness (QED) is 0.630. The fraction of sp³-hybridized carbons (Fsp3) is 0.300. The molecule has 0 unspecified atom stereocenters. The van der Waals surface area contributed by atoms with E-state index in [2.05, 4.69) is 15.4 Å². The highest BCUT2D eigenvalue weighted by molar-refractivity contribution is 7.89. The summed E-state index contributed by atoms with van der Waals surface area (Å²) in [6.07, 6.45) is 0.732. The van der Waals surface area contributed by atoms with Crippen LogP contribution in [-0.2, 0) is 26.0 Å². The van der Waals surface area contributed by atoms with Gasteiger partial charge in [-0.1, -0.05) is 18.2 Å². The van der Waals surface area contributed by atoms with Crippen LogP contribution in [0.25, 0.3) is 0 Å². The van der Waals surface area contributed by atoms with Crippen molar-refractivity contribution in [2.24, 2.45) is 0 Å². The zero-order chi connectivity index (χ0) is 20.7. The first kappa shape index (κ1) is 21.6. The molecule has 0 aliphatic carbocycles. The Morgan fingerprint density at radius 2 is 1.57 bits per heavy atom. The molecule has 28 heavy (non-hydrogen) atoms. The fourth-order valence-electron chi connectivity index (χ4n) is 2.57. The van der Waals surface area contributed by atoms with Crippen LogP contribution < -0.4 is 15.4 Å². The van der Waals surface area contributed by atoms with E-state index in [1.54, 1.807) is 50.2 Å². The number of carbonyl (C=O) groups is 2. The Morgan fingerprint density at radius 3 is 2.14 bits per heavy atom. The summed E-state index contributed by atoms with van der Waals surface area (Å²) in [5.41, 5.74) is 2.07. The third-order valence-electron chi connectivity index (χ3n) is 3.73. The maximum absolute atomic E-state index is 12.2. The number of aryl methyl sites for hydroxylation is 1. The summed E-state index contributed by atoms with van der Waals surface area (Å²) in [5.74, 6) is -0.351. The number of hydrogen-bond acceptors (Lipinski definition) is 4. The van der Waals surface area contributed by atoms with Gasteiger partial charge in [0.15, 0.2) is 0 Å². The first-order valence-corrected chi connectivity index (χ1v) is 10.4. The van der Waals surface area contributed by atoms with Gasteiger partial charge < -0.3 is 10.6 Å². The van der Waals surface area contributed by atoms with Crippen molar-refractivity contribution in [3.63, 3.8) is 0 Å². The SMILES string of the molecule is CC(=O)Nc1cccc(NC(=O)CCc2ccc(S(=O)(=O)NC(C)C)cc2)c1. The summed E-state index contributed by atoms with van der Waals surface area (Å²) < 4.78 is 26.8. The molecule has 0 aliphatic rings. The van der Waals surface area contributed by atoms with Crippen LogP contribution in [0.2, 0.25) is 0 Å². The Balaban J connectivity index is 1.92. The molecule has 0 fully saturated rings. The molecule has 7 nitrogen and oxygen atoms in total. The monoisotopic (exact) mass is 403 g/mol. The molecule has 0 saturated carbocycles. The minimum Gasteiger partial charge on any atom is -0.326 e. The van der Waals surface area contributed by atoms with E-state index in [1.807, 2.05) is 0 Å². The van der Waals surface area contributed by atoms with Crippen LogP contribution in [0.1, 0.15) is 32.8 Å². The third-order valence-corrected chi connectivity index (χ3v) is 5.41. The summed E-state index contributed by atoms with van der Waals surface area (Å²) in [6.45, 7) is 4.94. The standard InChI is InChI=1S/C20H25N3O4S/c1-14(2)23-28(26,27)19-10-7-16(8-11-19)9-12-20(25)22-18-6-4-5-17(13-18)21-15(3)24/h4-8,10-11,13-14,23H,9,12H2,1-3H3,(H,21,24)(H,22,25). The number of nitrogens with one attached hydrogen (secondary N) is 3. The molecule has 0 bridgehead atoms. The smallest absolute Gasteiger partial charge is 0.240 e. The summed E-state index contributed by atoms with van der Waals surface area (Å²) in [5, 5.41) is 5.45. The molecular weight excluding hydrogens is 378 g/mol. The topological polar surface area (TPSA) is 104 Å². The number of benzene rings is 2. The van der Waals surface area contributed by atoms with E-state index in [1.165, 1.54) is 19.1 Å². The second kappa shape index (κ2) is 9.48. The maximum Gasteiger partial charge on any atom is 0.240 e. The van der Waals surface area contributed by atoms with Gasteiger partial charge in [0.2, 0.25) is 21.8 Å². The molecule has 0 saturated heterocycles. The van der Waals surface area contributed by atoms with Gasteiger partial charge in [-0.05, 0) is 56.2 Å². The van der Waals surface area contributed by atoms with Gasteiger partial charge in [0.05, 0.1) is 4.90 Å². The zero-order valence-electron chi connectivity index (χ0n) is 16.2. The van der Waals surface area contributed by atoms with Crippen LogP contribution in [0.15, 0.2) is 53.4 Å². The predicted octanol–water partition coefficient (Wildman–Crippen LogP) is 2.90. The van der Waals surface area contributed by atoms with Gasteiger partial charge >= 0.3 is 0 Å². The molecule has 2 aromatic carbocycles. The average Bonchev–Trinajstić information content (AvgIpc) is 2.59. The van der Waals surface area contributed by atoms with Crippen LogP contribution in [-0.4, -0.2) is 26.3 Å². The highest BCUT2D eigenvalue weighted by atomic mass is 32.2. The van der Waals surface area contributed by atoms with Gasteiger partial charge in [-0.3, -0.25) is 9.59 Å². The van der Waals surface area contributed by atoms with Crippen molar-refractivity contribution in [1.29, 1.82) is 0 Å². The first-order chi connectivity index (χ1) is 13.2. The first-order valence-electron chi connectivity index (χ1n) is 8.94. The minimum atomic E-state index is -3.52. The van der Waals surface area contributed by atoms with Gasteiger partial charge in [-0.2, -0.15) is 0 Å². The van der Waals surface area contributed by atoms with Crippen molar-refractivity contribution in [3.05, 3.63) is 54.1 Å². The van der Waals surface area contributed by atoms with E-state index < -0.39 is 10.0 Å². The molecule has 0 heterocycles. The molecule has 0 aromatic heterocycles. The van der Waals surface area contributed by atoms with Gasteiger partial charge in [-0.15, -0.1) is 0 Å². The Bertz CT molecular complexity index is 938. The molecule has 0 atom stereocenters. The number of rotatable bonds is 8. The lowest BCUT2D eigenvalue weighted by Crippen LogP contribution is -2.30. The van der Waals surface area contributed by atoms with Crippen molar-refractivity contribution in [1.82, 2.24) is 4.72 Å². The summed E-state index contributed by atoms with van der Waals surface area (Å²) in [6, 6.07) is 13.2. The summed E-state index contributed by atoms with van der Waals surface area (Å²) in [7, 11) is -3.52. The van der Waals surface area contributed by atoms with Crippen molar-refractivity contribution in [2.75, 3.05) is 10.6 Å². The molecule has 0 radical (unpaired) electrons. The van der Waals surface area contributed by atoms with Gasteiger partial charge in [-0.25, -0.2) is 13.1 Å². The molecule has 3 N–H and O–H groups in total. The number of sulfonamides is 1. The number of hydrogen-bond donors (Lipinski definition) is 3. The van der Waals surface area contributed by atoms with E-state index in [-0.39, 0.29) is 29.2 Å². The van der Waals surface area contributed by atoms with Crippen LogP contribution in [0.3, 0.4) is 0 Å². The van der Waals surface area contributed by atoms with Crippen LogP contribution in [0.5, 0.6) is 0 Å². The lowest BCUT2D eigenvalue weighted by atomic mass is 10.1. The Labute approximate surface area is 165 Å². The van der Waals surface area contributed by atoms with Gasteiger partial charge in [0, 0.05) is 30.8 Å². The van der Waals surface area contributed by atoms with E-state index >= 15 is 0 Å². The van der Waals surface area contributed by atoms with E-state index in [9.17, 15) is 18.0 Å². The molecule has 2 rings (SSSR count). The Kier molecular flexibility index (Phi) is 7.31. The van der Waals surface area contributed by atoms with Crippen molar-refractivity contribution in [3.8, 4) is 0 Å². The number of amides is 2. The van der Waals surface area contributed by atoms with E-state index in [4.69, 9.17) is 0 Å². The molecule has 0 spiro atoms. The van der Waals surface area contributed by atoms with Crippen molar-refractivity contribution >= 4 is 33.2 Å². The predicted molar refractivity (Wildman–Crippen MR) is 110 cm³/mol. The Morgan fingerprint density at radius 1 is 0.964 bits per heavy atom. The normalized spacial score (nSPS) is 11.3. The fourth-order valence-corrected chi connectivity index (χ4v) is 3.82. The van der Waals surface area contributed by atoms with Crippen molar-refractivity contribution in [2.45, 2.75) is 44.6 Å². The number of anilines is 2. The second-order valence-electron chi connectivity index (χ2n) is 6.73. The molecule has 0 aliphatic heterocycles. The minimum absolute atomic E-state index is 0.168. The highest BCUT2D eigenvalue weighted by Gasteiger charge is 2.15. The van der Waals surface area contributed by atoms with E-state index in [0.29, 0.717) is 17.8 Å². The molecule has 2 aromatic rings. The van der Waals surface area contributed by atoms with Crippen molar-refractivity contribution < 1.29 is 18.0 Å². The summed E-state index contributed by atoms with van der Waals surface area (Å²) >= 11 is 0. The second-order valence-corrected chi connectivity index (χ2v) is 8.44. The Hall–Kier alpha value is -2.71. The lowest BCUT2D eigenvalue weighted by Gasteiger charge is -2.10. The third kappa shape index (κ3) is 6.79.